The Labute approximate surface area is 98.1 Å². The number of ether oxygens (including phenoxy) is 1. The second-order valence-corrected chi connectivity index (χ2v) is 6.05. The van der Waals surface area contributed by atoms with E-state index in [2.05, 4.69) is 5.43 Å². The SMILES string of the molecule is NNC(CC1CCOCC1)C1CC2CC2C1. The van der Waals surface area contributed by atoms with Crippen LogP contribution in [0.4, 0.5) is 0 Å². The minimum atomic E-state index is 0.566. The Morgan fingerprint density at radius 3 is 2.44 bits per heavy atom. The summed E-state index contributed by atoms with van der Waals surface area (Å²) < 4.78 is 5.41. The van der Waals surface area contributed by atoms with Gasteiger partial charge in [-0.05, 0) is 62.2 Å². The summed E-state index contributed by atoms with van der Waals surface area (Å²) in [6, 6.07) is 0.566. The summed E-state index contributed by atoms with van der Waals surface area (Å²) in [4.78, 5) is 0. The average molecular weight is 224 g/mol. The number of fused-ring (bicyclic) bond motifs is 1. The molecule has 16 heavy (non-hydrogen) atoms. The molecule has 1 saturated heterocycles. The third-order valence-corrected chi connectivity index (χ3v) is 4.99. The molecular formula is C13H24N2O. The van der Waals surface area contributed by atoms with Gasteiger partial charge in [-0.2, -0.15) is 0 Å². The molecule has 3 nitrogen and oxygen atoms in total. The van der Waals surface area contributed by atoms with Crippen LogP contribution in [0, 0.1) is 23.7 Å². The van der Waals surface area contributed by atoms with Gasteiger partial charge in [-0.15, -0.1) is 0 Å². The Morgan fingerprint density at radius 2 is 1.81 bits per heavy atom. The number of hydrazine groups is 1. The number of hydrogen-bond donors (Lipinski definition) is 2. The minimum Gasteiger partial charge on any atom is -0.381 e. The van der Waals surface area contributed by atoms with E-state index in [-0.39, 0.29) is 0 Å². The van der Waals surface area contributed by atoms with Gasteiger partial charge in [0.2, 0.25) is 0 Å². The Bertz CT molecular complexity index is 230. The van der Waals surface area contributed by atoms with Gasteiger partial charge in [0, 0.05) is 19.3 Å². The maximum Gasteiger partial charge on any atom is 0.0468 e. The summed E-state index contributed by atoms with van der Waals surface area (Å²) in [7, 11) is 0. The lowest BCUT2D eigenvalue weighted by Gasteiger charge is -2.30. The third-order valence-electron chi connectivity index (χ3n) is 4.99. The monoisotopic (exact) mass is 224 g/mol. The summed E-state index contributed by atoms with van der Waals surface area (Å²) in [6.07, 6.45) is 8.11. The van der Waals surface area contributed by atoms with Gasteiger partial charge in [0.15, 0.2) is 0 Å². The zero-order chi connectivity index (χ0) is 11.0. The molecule has 2 saturated carbocycles. The van der Waals surface area contributed by atoms with Gasteiger partial charge >= 0.3 is 0 Å². The van der Waals surface area contributed by atoms with Crippen molar-refractivity contribution in [3.63, 3.8) is 0 Å². The lowest BCUT2D eigenvalue weighted by atomic mass is 9.85. The van der Waals surface area contributed by atoms with Crippen molar-refractivity contribution in [3.05, 3.63) is 0 Å². The summed E-state index contributed by atoms with van der Waals surface area (Å²) >= 11 is 0. The van der Waals surface area contributed by atoms with E-state index in [1.165, 1.54) is 38.5 Å². The standard InChI is InChI=1S/C13H24N2O/c14-15-13(5-9-1-3-16-4-2-9)12-7-10-6-11(10)8-12/h9-13,15H,1-8,14H2. The normalized spacial score (nSPS) is 40.7. The van der Waals surface area contributed by atoms with Crippen LogP contribution in [-0.4, -0.2) is 19.3 Å². The van der Waals surface area contributed by atoms with Gasteiger partial charge in [0.1, 0.15) is 0 Å². The van der Waals surface area contributed by atoms with E-state index in [9.17, 15) is 0 Å². The first-order valence-electron chi connectivity index (χ1n) is 6.90. The van der Waals surface area contributed by atoms with Crippen molar-refractivity contribution >= 4 is 0 Å². The average Bonchev–Trinajstić information content (AvgIpc) is 2.94. The highest BCUT2D eigenvalue weighted by Gasteiger charge is 2.47. The molecule has 0 aromatic heterocycles. The first-order chi connectivity index (χ1) is 7.86. The molecule has 0 radical (unpaired) electrons. The predicted molar refractivity (Wildman–Crippen MR) is 63.6 cm³/mol. The quantitative estimate of drug-likeness (QED) is 0.564. The molecule has 0 aromatic rings. The van der Waals surface area contributed by atoms with Gasteiger partial charge in [-0.25, -0.2) is 0 Å². The van der Waals surface area contributed by atoms with E-state index >= 15 is 0 Å². The minimum absolute atomic E-state index is 0.566. The van der Waals surface area contributed by atoms with Crippen LogP contribution in [0.15, 0.2) is 0 Å². The van der Waals surface area contributed by atoms with Crippen LogP contribution < -0.4 is 11.3 Å². The first kappa shape index (κ1) is 11.0. The summed E-state index contributed by atoms with van der Waals surface area (Å²) in [5.41, 5.74) is 3.09. The van der Waals surface area contributed by atoms with Crippen molar-refractivity contribution in [2.75, 3.05) is 13.2 Å². The fraction of sp³-hybridized carbons (Fsp3) is 1.00. The number of hydrogen-bond acceptors (Lipinski definition) is 3. The third kappa shape index (κ3) is 2.27. The molecule has 1 heterocycles. The van der Waals surface area contributed by atoms with Crippen molar-refractivity contribution in [3.8, 4) is 0 Å². The van der Waals surface area contributed by atoms with Crippen molar-refractivity contribution in [2.45, 2.75) is 44.6 Å². The highest BCUT2D eigenvalue weighted by atomic mass is 16.5. The van der Waals surface area contributed by atoms with Crippen molar-refractivity contribution in [1.29, 1.82) is 0 Å². The van der Waals surface area contributed by atoms with Crippen LogP contribution in [-0.2, 0) is 4.74 Å². The van der Waals surface area contributed by atoms with E-state index in [4.69, 9.17) is 10.6 Å². The topological polar surface area (TPSA) is 47.3 Å². The number of nitrogens with two attached hydrogens (primary N) is 1. The highest BCUT2D eigenvalue weighted by molar-refractivity contribution is 4.99. The number of nitrogens with one attached hydrogen (secondary N) is 1. The first-order valence-corrected chi connectivity index (χ1v) is 6.90. The molecule has 92 valence electrons. The van der Waals surface area contributed by atoms with Crippen molar-refractivity contribution in [1.82, 2.24) is 5.43 Å². The van der Waals surface area contributed by atoms with E-state index < -0.39 is 0 Å². The largest absolute Gasteiger partial charge is 0.381 e. The predicted octanol–water partition coefficient (Wildman–Crippen LogP) is 1.68. The fourth-order valence-corrected chi connectivity index (χ4v) is 3.83. The van der Waals surface area contributed by atoms with E-state index in [0.717, 1.165) is 36.9 Å². The van der Waals surface area contributed by atoms with Crippen LogP contribution in [0.5, 0.6) is 0 Å². The Balaban J connectivity index is 1.50. The second-order valence-electron chi connectivity index (χ2n) is 6.05. The maximum absolute atomic E-state index is 5.75. The van der Waals surface area contributed by atoms with Crippen LogP contribution in [0.3, 0.4) is 0 Å². The smallest absolute Gasteiger partial charge is 0.0468 e. The maximum atomic E-state index is 5.75. The molecule has 3 N–H and O–H groups in total. The molecule has 0 aromatic carbocycles. The molecule has 0 bridgehead atoms. The molecule has 3 atom stereocenters. The van der Waals surface area contributed by atoms with Gasteiger partial charge in [-0.3, -0.25) is 11.3 Å². The number of rotatable bonds is 4. The van der Waals surface area contributed by atoms with Crippen LogP contribution >= 0.6 is 0 Å². The van der Waals surface area contributed by atoms with Crippen molar-refractivity contribution < 1.29 is 4.74 Å². The molecule has 3 rings (SSSR count). The lowest BCUT2D eigenvalue weighted by molar-refractivity contribution is 0.0575. The molecule has 0 spiro atoms. The fourth-order valence-electron chi connectivity index (χ4n) is 3.83. The molecule has 0 amide bonds. The summed E-state index contributed by atoms with van der Waals surface area (Å²) in [6.45, 7) is 1.91. The zero-order valence-electron chi connectivity index (χ0n) is 10.0. The van der Waals surface area contributed by atoms with E-state index in [1.807, 2.05) is 0 Å². The molecule has 1 aliphatic heterocycles. The Hall–Kier alpha value is -0.120. The molecular weight excluding hydrogens is 200 g/mol. The van der Waals surface area contributed by atoms with Crippen LogP contribution in [0.25, 0.3) is 0 Å². The van der Waals surface area contributed by atoms with Gasteiger partial charge in [0.25, 0.3) is 0 Å². The second kappa shape index (κ2) is 4.63. The summed E-state index contributed by atoms with van der Waals surface area (Å²) in [5.74, 6) is 9.58. The molecule has 3 fully saturated rings. The van der Waals surface area contributed by atoms with Crippen molar-refractivity contribution in [2.24, 2.45) is 29.5 Å². The van der Waals surface area contributed by atoms with E-state index in [0.29, 0.717) is 6.04 Å². The Morgan fingerprint density at radius 1 is 1.12 bits per heavy atom. The van der Waals surface area contributed by atoms with Crippen LogP contribution in [0.2, 0.25) is 0 Å². The molecule has 3 heteroatoms. The zero-order valence-corrected chi connectivity index (χ0v) is 10.0. The lowest BCUT2D eigenvalue weighted by Crippen LogP contribution is -2.42. The van der Waals surface area contributed by atoms with Gasteiger partial charge < -0.3 is 4.74 Å². The van der Waals surface area contributed by atoms with Gasteiger partial charge in [-0.1, -0.05) is 0 Å². The van der Waals surface area contributed by atoms with E-state index in [1.54, 1.807) is 0 Å². The van der Waals surface area contributed by atoms with Gasteiger partial charge in [0.05, 0.1) is 0 Å². The molecule has 3 unspecified atom stereocenters. The van der Waals surface area contributed by atoms with Crippen LogP contribution in [0.1, 0.15) is 38.5 Å². The summed E-state index contributed by atoms with van der Waals surface area (Å²) in [5, 5.41) is 0. The molecule has 2 aliphatic carbocycles. The Kier molecular flexibility index (Phi) is 3.18. The molecule has 3 aliphatic rings. The highest BCUT2D eigenvalue weighted by Crippen LogP contribution is 2.55.